The summed E-state index contributed by atoms with van der Waals surface area (Å²) < 4.78 is 47.2. The molecule has 0 atom stereocenters. The molecule has 0 saturated heterocycles. The number of aryl methyl sites for hydroxylation is 1. The fraction of sp³-hybridized carbons (Fsp3) is 0.118. The Morgan fingerprint density at radius 2 is 1.94 bits per heavy atom. The fourth-order valence-electron chi connectivity index (χ4n) is 3.01. The summed E-state index contributed by atoms with van der Waals surface area (Å²) in [6.07, 6.45) is 1.37. The number of imidazole rings is 1. The third-order valence-electron chi connectivity index (χ3n) is 4.50. The number of alkyl halides is 3. The van der Waals surface area contributed by atoms with Crippen molar-refractivity contribution in [2.75, 3.05) is 5.32 Å². The Bertz CT molecular complexity index is 1470. The molecule has 2 N–H and O–H groups in total. The Morgan fingerprint density at radius 1 is 1.12 bits per heavy atom. The minimum atomic E-state index is -4.55. The second kappa shape index (κ2) is 7.24. The molecule has 0 bridgehead atoms. The molecule has 5 aromatic heterocycles. The molecule has 0 aromatic carbocycles. The van der Waals surface area contributed by atoms with E-state index in [4.69, 9.17) is 27.9 Å². The van der Waals surface area contributed by atoms with Gasteiger partial charge >= 0.3 is 6.18 Å². The van der Waals surface area contributed by atoms with Gasteiger partial charge in [0.2, 0.25) is 5.95 Å². The summed E-state index contributed by atoms with van der Waals surface area (Å²) in [4.78, 5) is 12.5. The van der Waals surface area contributed by atoms with Gasteiger partial charge in [-0.1, -0.05) is 23.2 Å². The fourth-order valence-corrected chi connectivity index (χ4v) is 3.55. The van der Waals surface area contributed by atoms with E-state index in [1.807, 2.05) is 5.10 Å². The Labute approximate surface area is 186 Å². The van der Waals surface area contributed by atoms with Crippen molar-refractivity contribution in [3.63, 3.8) is 0 Å². The number of aromatic nitrogens is 8. The number of pyridine rings is 1. The quantitative estimate of drug-likeness (QED) is 0.384. The van der Waals surface area contributed by atoms with Gasteiger partial charge in [-0.05, 0) is 0 Å². The molecule has 0 fully saturated rings. The highest BCUT2D eigenvalue weighted by molar-refractivity contribution is 6.36. The van der Waals surface area contributed by atoms with E-state index >= 15 is 0 Å². The first-order valence-corrected chi connectivity index (χ1v) is 9.54. The summed E-state index contributed by atoms with van der Waals surface area (Å²) in [6, 6.07) is 0.825. The van der Waals surface area contributed by atoms with Gasteiger partial charge in [0.05, 0.1) is 12.4 Å². The SMILES string of the molecule is Cn1c(Nc2cc(C(F)(F)F)[nH]n2)nc2ncc(Oc3cnn4ccnc(Cl)c34)c(Cl)c21. The van der Waals surface area contributed by atoms with E-state index in [9.17, 15) is 13.2 Å². The van der Waals surface area contributed by atoms with Crippen LogP contribution in [-0.4, -0.2) is 39.3 Å². The lowest BCUT2D eigenvalue weighted by Gasteiger charge is -2.08. The number of ether oxygens (including phenoxy) is 1. The number of anilines is 2. The average molecular weight is 484 g/mol. The van der Waals surface area contributed by atoms with Gasteiger partial charge in [0, 0.05) is 25.5 Å². The molecule has 0 aliphatic carbocycles. The molecule has 5 rings (SSSR count). The van der Waals surface area contributed by atoms with Gasteiger partial charge in [-0.3, -0.25) is 5.10 Å². The van der Waals surface area contributed by atoms with Crippen molar-refractivity contribution in [3.8, 4) is 11.5 Å². The van der Waals surface area contributed by atoms with Crippen LogP contribution >= 0.6 is 23.2 Å². The lowest BCUT2D eigenvalue weighted by Crippen LogP contribution is -2.04. The lowest BCUT2D eigenvalue weighted by atomic mass is 10.4. The van der Waals surface area contributed by atoms with Gasteiger partial charge in [-0.2, -0.15) is 28.4 Å². The van der Waals surface area contributed by atoms with E-state index in [0.717, 1.165) is 6.07 Å². The lowest BCUT2D eigenvalue weighted by molar-refractivity contribution is -0.141. The van der Waals surface area contributed by atoms with Crippen molar-refractivity contribution in [1.29, 1.82) is 0 Å². The van der Waals surface area contributed by atoms with E-state index in [-0.39, 0.29) is 33.3 Å². The molecule has 0 spiro atoms. The number of H-pyrrole nitrogens is 1. The van der Waals surface area contributed by atoms with Gasteiger partial charge in [-0.25, -0.2) is 14.5 Å². The zero-order valence-corrected chi connectivity index (χ0v) is 17.3. The maximum absolute atomic E-state index is 12.8. The second-order valence-corrected chi connectivity index (χ2v) is 7.25. The molecule has 32 heavy (non-hydrogen) atoms. The molecule has 0 saturated carbocycles. The summed E-state index contributed by atoms with van der Waals surface area (Å²) in [5, 5.41) is 12.7. The van der Waals surface area contributed by atoms with Crippen LogP contribution in [0.25, 0.3) is 16.7 Å². The highest BCUT2D eigenvalue weighted by atomic mass is 35.5. The number of aromatic amines is 1. The van der Waals surface area contributed by atoms with E-state index in [0.29, 0.717) is 16.8 Å². The Hall–Kier alpha value is -3.58. The van der Waals surface area contributed by atoms with E-state index in [2.05, 4.69) is 30.5 Å². The number of nitrogens with zero attached hydrogens (tertiary/aromatic N) is 7. The highest BCUT2D eigenvalue weighted by Gasteiger charge is 2.33. The Kier molecular flexibility index (Phi) is 4.60. The summed E-state index contributed by atoms with van der Waals surface area (Å²) in [7, 11) is 1.61. The van der Waals surface area contributed by atoms with Crippen molar-refractivity contribution in [3.05, 3.63) is 46.7 Å². The van der Waals surface area contributed by atoms with Crippen LogP contribution in [0.15, 0.2) is 30.9 Å². The van der Waals surface area contributed by atoms with Gasteiger partial charge in [0.1, 0.15) is 21.7 Å². The van der Waals surface area contributed by atoms with Crippen LogP contribution in [0.4, 0.5) is 24.9 Å². The molecule has 164 valence electrons. The maximum Gasteiger partial charge on any atom is 0.432 e. The predicted octanol–water partition coefficient (Wildman–Crippen LogP) is 4.60. The summed E-state index contributed by atoms with van der Waals surface area (Å²) in [6.45, 7) is 0. The molecular formula is C17H10Cl2F3N9O. The molecule has 0 aliphatic rings. The van der Waals surface area contributed by atoms with Gasteiger partial charge in [0.15, 0.2) is 28.1 Å². The summed E-state index contributed by atoms with van der Waals surface area (Å²) in [5.74, 6) is 0.609. The third kappa shape index (κ3) is 3.35. The standard InChI is InChI=1S/C17H10Cl2F3N9O/c1-30-13-11(18)7(32-8-6-25-31-3-2-23-14(19)12(8)31)5-24-15(13)27-16(30)26-10-4-9(28-29-10)17(20,21)22/h2-6H,1H3,(H2,24,26,27,28,29). The molecule has 5 heterocycles. The van der Waals surface area contributed by atoms with Gasteiger partial charge in [0.25, 0.3) is 0 Å². The highest BCUT2D eigenvalue weighted by Crippen LogP contribution is 2.37. The first-order chi connectivity index (χ1) is 15.2. The molecule has 0 amide bonds. The normalized spacial score (nSPS) is 12.1. The first-order valence-electron chi connectivity index (χ1n) is 8.78. The van der Waals surface area contributed by atoms with E-state index < -0.39 is 11.9 Å². The average Bonchev–Trinajstić information content (AvgIpc) is 3.44. The number of nitrogens with one attached hydrogen (secondary N) is 2. The van der Waals surface area contributed by atoms with Crippen molar-refractivity contribution >= 4 is 51.6 Å². The van der Waals surface area contributed by atoms with Crippen LogP contribution in [0.3, 0.4) is 0 Å². The second-order valence-electron chi connectivity index (χ2n) is 6.51. The summed E-state index contributed by atoms with van der Waals surface area (Å²) in [5.41, 5.74) is 0.0845. The number of hydrogen-bond acceptors (Lipinski definition) is 7. The van der Waals surface area contributed by atoms with E-state index in [1.165, 1.54) is 27.7 Å². The maximum atomic E-state index is 12.8. The molecule has 0 radical (unpaired) electrons. The predicted molar refractivity (Wildman–Crippen MR) is 108 cm³/mol. The molecular weight excluding hydrogens is 474 g/mol. The van der Waals surface area contributed by atoms with Crippen LogP contribution < -0.4 is 10.1 Å². The van der Waals surface area contributed by atoms with Crippen LogP contribution in [-0.2, 0) is 13.2 Å². The Morgan fingerprint density at radius 3 is 2.69 bits per heavy atom. The minimum absolute atomic E-state index is 0.0724. The smallest absolute Gasteiger partial charge is 0.432 e. The van der Waals surface area contributed by atoms with E-state index in [1.54, 1.807) is 13.2 Å². The Balaban J connectivity index is 1.50. The molecule has 10 nitrogen and oxygen atoms in total. The zero-order valence-electron chi connectivity index (χ0n) is 15.8. The summed E-state index contributed by atoms with van der Waals surface area (Å²) >= 11 is 12.7. The molecule has 0 aliphatic heterocycles. The van der Waals surface area contributed by atoms with Crippen molar-refractivity contribution in [2.45, 2.75) is 6.18 Å². The number of rotatable bonds is 4. The first kappa shape index (κ1) is 20.3. The van der Waals surface area contributed by atoms with Crippen molar-refractivity contribution < 1.29 is 17.9 Å². The zero-order chi connectivity index (χ0) is 22.6. The van der Waals surface area contributed by atoms with Gasteiger partial charge in [-0.15, -0.1) is 0 Å². The molecule has 15 heteroatoms. The molecule has 5 aromatic rings. The largest absolute Gasteiger partial charge is 0.450 e. The topological polar surface area (TPSA) is 111 Å². The number of fused-ring (bicyclic) bond motifs is 2. The van der Waals surface area contributed by atoms with Crippen LogP contribution in [0.2, 0.25) is 10.2 Å². The third-order valence-corrected chi connectivity index (χ3v) is 5.14. The monoisotopic (exact) mass is 483 g/mol. The van der Waals surface area contributed by atoms with Gasteiger partial charge < -0.3 is 14.6 Å². The number of halogens is 5. The van der Waals surface area contributed by atoms with Crippen LogP contribution in [0.5, 0.6) is 11.5 Å². The molecule has 0 unspecified atom stereocenters. The van der Waals surface area contributed by atoms with Crippen molar-refractivity contribution in [1.82, 2.24) is 39.3 Å². The van der Waals surface area contributed by atoms with Crippen LogP contribution in [0, 0.1) is 0 Å². The van der Waals surface area contributed by atoms with Crippen molar-refractivity contribution in [2.24, 2.45) is 7.05 Å². The minimum Gasteiger partial charge on any atom is -0.450 e. The van der Waals surface area contributed by atoms with Crippen LogP contribution in [0.1, 0.15) is 5.69 Å². The number of hydrogen-bond donors (Lipinski definition) is 2.